The molecule has 0 atom stereocenters. The third-order valence-electron chi connectivity index (χ3n) is 4.01. The number of halogens is 2. The SMILES string of the molecule is COc1c(Cl)cc(S(=O)(=O)[O-])c(-c2c(S(=O)(=O)[O-])cc(Cl)c(OC)c2S(=O)(=O)[O-])c1S(=O)(=O)[O-].[Na+].[Na+].[Na+].[Na+]. The molecule has 0 aromatic heterocycles. The summed E-state index contributed by atoms with van der Waals surface area (Å²) in [5.41, 5.74) is -3.57. The first-order valence-electron chi connectivity index (χ1n) is 7.82. The molecule has 0 bridgehead atoms. The van der Waals surface area contributed by atoms with Crippen LogP contribution in [0.15, 0.2) is 31.7 Å². The zero-order valence-corrected chi connectivity index (χ0v) is 33.0. The summed E-state index contributed by atoms with van der Waals surface area (Å²) >= 11 is 11.4. The fourth-order valence-electron chi connectivity index (χ4n) is 2.90. The summed E-state index contributed by atoms with van der Waals surface area (Å²) < 4.78 is 153. The van der Waals surface area contributed by atoms with Crippen molar-refractivity contribution in [1.82, 2.24) is 0 Å². The van der Waals surface area contributed by atoms with Gasteiger partial charge in [0.05, 0.1) is 34.1 Å². The Morgan fingerprint density at radius 1 is 0.553 bits per heavy atom. The van der Waals surface area contributed by atoms with E-state index in [1.54, 1.807) is 0 Å². The third-order valence-corrected chi connectivity index (χ3v) is 8.07. The van der Waals surface area contributed by atoms with Gasteiger partial charge in [-0.3, -0.25) is 0 Å². The topological polar surface area (TPSA) is 247 Å². The largest absolute Gasteiger partial charge is 1.00 e. The number of benzene rings is 2. The first-order valence-corrected chi connectivity index (χ1v) is 14.2. The fourth-order valence-corrected chi connectivity index (χ4v) is 7.03. The standard InChI is InChI=1S/C14H12Cl2O14S4.4Na/c1-29-11-5(15)3-7(31(17,18)19)9(13(11)33(23,24)25)10-8(32(20,21)22)4-6(16)12(30-2)14(10)34(26,27)28;;;;/h3-4H,1-2H3,(H,17,18,19)(H,20,21,22)(H,23,24,25)(H,26,27,28);;;;/q;4*+1/p-4. The van der Waals surface area contributed by atoms with Crippen LogP contribution in [0, 0.1) is 0 Å². The molecule has 14 nitrogen and oxygen atoms in total. The molecule has 0 unspecified atom stereocenters. The van der Waals surface area contributed by atoms with Crippen molar-refractivity contribution in [1.29, 1.82) is 0 Å². The molecule has 38 heavy (non-hydrogen) atoms. The second-order valence-corrected chi connectivity index (χ2v) is 12.1. The van der Waals surface area contributed by atoms with Crippen molar-refractivity contribution in [2.24, 2.45) is 0 Å². The predicted octanol–water partition coefficient (Wildman–Crippen LogP) is -11.7. The van der Waals surface area contributed by atoms with E-state index < -0.39 is 92.7 Å². The molecule has 2 aromatic carbocycles. The van der Waals surface area contributed by atoms with Crippen LogP contribution in [0.25, 0.3) is 11.1 Å². The van der Waals surface area contributed by atoms with E-state index in [4.69, 9.17) is 23.2 Å². The molecule has 0 aliphatic heterocycles. The molecule has 0 saturated carbocycles. The van der Waals surface area contributed by atoms with E-state index in [0.29, 0.717) is 14.2 Å². The summed E-state index contributed by atoms with van der Waals surface area (Å²) in [6.45, 7) is 0. The smallest absolute Gasteiger partial charge is 0.744 e. The van der Waals surface area contributed by atoms with Crippen molar-refractivity contribution in [2.75, 3.05) is 14.2 Å². The molecule has 0 spiro atoms. The number of hydrogen-bond donors (Lipinski definition) is 0. The summed E-state index contributed by atoms with van der Waals surface area (Å²) in [7, 11) is -22.5. The van der Waals surface area contributed by atoms with Crippen LogP contribution in [0.5, 0.6) is 11.5 Å². The van der Waals surface area contributed by atoms with Crippen LogP contribution in [-0.2, 0) is 40.5 Å². The second-order valence-electron chi connectivity index (χ2n) is 6.00. The number of hydrogen-bond acceptors (Lipinski definition) is 14. The summed E-state index contributed by atoms with van der Waals surface area (Å²) in [6.07, 6.45) is 0. The third kappa shape index (κ3) is 9.63. The van der Waals surface area contributed by atoms with Gasteiger partial charge in [0.25, 0.3) is 0 Å². The Kier molecular flexibility index (Phi) is 18.6. The molecule has 0 fully saturated rings. The number of rotatable bonds is 7. The van der Waals surface area contributed by atoms with Gasteiger partial charge >= 0.3 is 118 Å². The summed E-state index contributed by atoms with van der Waals surface area (Å²) in [4.78, 5) is -7.30. The Bertz CT molecular complexity index is 1520. The molecule has 0 aliphatic rings. The monoisotopic (exact) mass is 690 g/mol. The minimum Gasteiger partial charge on any atom is -0.744 e. The number of methoxy groups -OCH3 is 2. The van der Waals surface area contributed by atoms with E-state index in [2.05, 4.69) is 9.47 Å². The number of ether oxygens (including phenoxy) is 2. The van der Waals surface area contributed by atoms with Crippen molar-refractivity contribution >= 4 is 63.7 Å². The molecule has 2 aromatic rings. The summed E-state index contributed by atoms with van der Waals surface area (Å²) in [6, 6.07) is 0.381. The summed E-state index contributed by atoms with van der Waals surface area (Å²) in [5.74, 6) is -2.34. The van der Waals surface area contributed by atoms with Gasteiger partial charge in [-0.2, -0.15) is 0 Å². The maximum Gasteiger partial charge on any atom is 1.00 e. The quantitative estimate of drug-likeness (QED) is 0.193. The van der Waals surface area contributed by atoms with E-state index >= 15 is 0 Å². The molecular formula is C14H8Cl2Na4O14S4. The maximum absolute atomic E-state index is 12.1. The van der Waals surface area contributed by atoms with Gasteiger partial charge < -0.3 is 27.7 Å². The average molecular weight is 691 g/mol. The van der Waals surface area contributed by atoms with Gasteiger partial charge in [0.15, 0.2) is 11.5 Å². The van der Waals surface area contributed by atoms with Crippen molar-refractivity contribution in [3.8, 4) is 22.6 Å². The van der Waals surface area contributed by atoms with Crippen LogP contribution in [0.2, 0.25) is 10.0 Å². The zero-order chi connectivity index (χ0) is 26.6. The van der Waals surface area contributed by atoms with Gasteiger partial charge in [-0.05, 0) is 12.1 Å². The van der Waals surface area contributed by atoms with Gasteiger partial charge in [0.1, 0.15) is 50.3 Å². The van der Waals surface area contributed by atoms with E-state index in [1.165, 1.54) is 0 Å². The molecule has 0 saturated heterocycles. The minimum atomic E-state index is -6.01. The van der Waals surface area contributed by atoms with E-state index in [0.717, 1.165) is 0 Å². The minimum absolute atomic E-state index is 0. The molecule has 0 radical (unpaired) electrons. The van der Waals surface area contributed by atoms with Crippen LogP contribution in [0.4, 0.5) is 0 Å². The Morgan fingerprint density at radius 3 is 0.947 bits per heavy atom. The van der Waals surface area contributed by atoms with Gasteiger partial charge in [-0.1, -0.05) is 23.2 Å². The van der Waals surface area contributed by atoms with Crippen LogP contribution >= 0.6 is 23.2 Å². The molecule has 24 heteroatoms. The van der Waals surface area contributed by atoms with Gasteiger partial charge in [-0.25, -0.2) is 33.7 Å². The average Bonchev–Trinajstić information content (AvgIpc) is 2.63. The Labute approximate surface area is 316 Å². The predicted molar refractivity (Wildman–Crippen MR) is 107 cm³/mol. The fraction of sp³-hybridized carbons (Fsp3) is 0.143. The van der Waals surface area contributed by atoms with Crippen LogP contribution in [0.3, 0.4) is 0 Å². The maximum atomic E-state index is 12.1. The van der Waals surface area contributed by atoms with E-state index in [9.17, 15) is 51.9 Å². The van der Waals surface area contributed by atoms with Crippen molar-refractivity contribution in [3.05, 3.63) is 22.2 Å². The van der Waals surface area contributed by atoms with Gasteiger partial charge in [0.2, 0.25) is 0 Å². The molecule has 0 aliphatic carbocycles. The van der Waals surface area contributed by atoms with Crippen molar-refractivity contribution in [3.63, 3.8) is 0 Å². The van der Waals surface area contributed by atoms with Crippen LogP contribution in [0.1, 0.15) is 0 Å². The molecule has 0 heterocycles. The normalized spacial score (nSPS) is 11.7. The first kappa shape index (κ1) is 44.7. The molecular weight excluding hydrogens is 683 g/mol. The zero-order valence-electron chi connectivity index (χ0n) is 20.3. The molecule has 0 N–H and O–H groups in total. The Morgan fingerprint density at radius 2 is 0.789 bits per heavy atom. The summed E-state index contributed by atoms with van der Waals surface area (Å²) in [5, 5.41) is -1.96. The van der Waals surface area contributed by atoms with Crippen LogP contribution < -0.4 is 128 Å². The Hall–Kier alpha value is 2.26. The van der Waals surface area contributed by atoms with Crippen LogP contribution in [-0.4, -0.2) is 66.1 Å². The van der Waals surface area contributed by atoms with Crippen molar-refractivity contribution < 1.29 is 180 Å². The Balaban J connectivity index is -0.00000306. The molecule has 2 rings (SSSR count). The first-order chi connectivity index (χ1) is 15.2. The van der Waals surface area contributed by atoms with E-state index in [1.807, 2.05) is 0 Å². The van der Waals surface area contributed by atoms with Gasteiger partial charge in [-0.15, -0.1) is 0 Å². The van der Waals surface area contributed by atoms with Gasteiger partial charge in [0, 0.05) is 11.1 Å². The molecule has 0 amide bonds. The van der Waals surface area contributed by atoms with E-state index in [-0.39, 0.29) is 130 Å². The second kappa shape index (κ2) is 15.8. The molecule has 190 valence electrons. The van der Waals surface area contributed by atoms with Crippen molar-refractivity contribution in [2.45, 2.75) is 19.6 Å².